The number of anilines is 1. The second-order valence-electron chi connectivity index (χ2n) is 7.85. The molecule has 2 aromatic heterocycles. The molecular formula is C21H28N4OS. The van der Waals surface area contributed by atoms with E-state index in [1.54, 1.807) is 19.1 Å². The van der Waals surface area contributed by atoms with E-state index >= 15 is 0 Å². The Hall–Kier alpha value is -1.79. The maximum absolute atomic E-state index is 5.53. The summed E-state index contributed by atoms with van der Waals surface area (Å²) >= 11 is 1.56. The number of hydrogen-bond acceptors (Lipinski definition) is 6. The van der Waals surface area contributed by atoms with Crippen molar-refractivity contribution in [1.82, 2.24) is 14.9 Å². The van der Waals surface area contributed by atoms with Gasteiger partial charge in [-0.2, -0.15) is 0 Å². The second-order valence-corrected chi connectivity index (χ2v) is 8.73. The number of likely N-dealkylation sites (N-methyl/N-ethyl adjacent to an activating group) is 1. The summed E-state index contributed by atoms with van der Waals surface area (Å²) in [6.45, 7) is 4.42. The first-order valence-corrected chi connectivity index (χ1v) is 10.6. The molecule has 1 N–H and O–H groups in total. The zero-order valence-electron chi connectivity index (χ0n) is 16.4. The van der Waals surface area contributed by atoms with E-state index in [-0.39, 0.29) is 0 Å². The Morgan fingerprint density at radius 1 is 1.22 bits per heavy atom. The number of rotatable bonds is 5. The van der Waals surface area contributed by atoms with Gasteiger partial charge in [-0.05, 0) is 67.9 Å². The van der Waals surface area contributed by atoms with Crippen LogP contribution in [0.25, 0.3) is 0 Å². The molecule has 4 rings (SSSR count). The van der Waals surface area contributed by atoms with Gasteiger partial charge in [0.25, 0.3) is 0 Å². The molecule has 1 aliphatic carbocycles. The van der Waals surface area contributed by atoms with Crippen LogP contribution >= 0.6 is 11.9 Å². The summed E-state index contributed by atoms with van der Waals surface area (Å²) in [6, 6.07) is 6.52. The molecule has 0 saturated heterocycles. The molecule has 0 bridgehead atoms. The van der Waals surface area contributed by atoms with Crippen molar-refractivity contribution in [2.75, 3.05) is 32.0 Å². The van der Waals surface area contributed by atoms with Crippen molar-refractivity contribution in [3.63, 3.8) is 0 Å². The van der Waals surface area contributed by atoms with Gasteiger partial charge in [-0.25, -0.2) is 4.98 Å². The summed E-state index contributed by atoms with van der Waals surface area (Å²) in [5.74, 6) is 2.17. The summed E-state index contributed by atoms with van der Waals surface area (Å²) < 4.78 is 8.96. The van der Waals surface area contributed by atoms with Crippen LogP contribution in [0.15, 0.2) is 29.3 Å². The summed E-state index contributed by atoms with van der Waals surface area (Å²) in [5.41, 5.74) is 4.64. The first-order chi connectivity index (χ1) is 13.1. The molecule has 5 nitrogen and oxygen atoms in total. The highest BCUT2D eigenvalue weighted by Crippen LogP contribution is 2.40. The van der Waals surface area contributed by atoms with Crippen molar-refractivity contribution < 1.29 is 4.74 Å². The largest absolute Gasteiger partial charge is 0.479 e. The number of hydrogen-bond donors (Lipinski definition) is 1. The summed E-state index contributed by atoms with van der Waals surface area (Å²) in [5, 5.41) is 0. The van der Waals surface area contributed by atoms with Crippen molar-refractivity contribution in [3.8, 4) is 5.88 Å². The minimum Gasteiger partial charge on any atom is -0.479 e. The molecule has 0 radical (unpaired) electrons. The van der Waals surface area contributed by atoms with Crippen molar-refractivity contribution in [3.05, 3.63) is 41.3 Å². The molecule has 0 amide bonds. The molecule has 2 aliphatic rings. The lowest BCUT2D eigenvalue weighted by molar-refractivity contribution is 0.283. The number of nitrogens with zero attached hydrogens (tertiary/aromatic N) is 3. The van der Waals surface area contributed by atoms with E-state index in [9.17, 15) is 0 Å². The molecule has 27 heavy (non-hydrogen) atoms. The van der Waals surface area contributed by atoms with Crippen LogP contribution in [-0.2, 0) is 12.8 Å². The van der Waals surface area contributed by atoms with Crippen molar-refractivity contribution in [1.29, 1.82) is 0 Å². The first kappa shape index (κ1) is 18.6. The third-order valence-corrected chi connectivity index (χ3v) is 6.47. The highest BCUT2D eigenvalue weighted by molar-refractivity contribution is 8.00. The lowest BCUT2D eigenvalue weighted by Gasteiger charge is -2.32. The Morgan fingerprint density at radius 2 is 2.04 bits per heavy atom. The molecule has 0 aromatic carbocycles. The van der Waals surface area contributed by atoms with Gasteiger partial charge in [-0.15, -0.1) is 0 Å². The minimum absolute atomic E-state index is 0.652. The van der Waals surface area contributed by atoms with E-state index in [1.165, 1.54) is 24.1 Å². The normalized spacial score (nSPS) is 22.5. The number of pyridine rings is 2. The number of nitrogens with one attached hydrogen (secondary N) is 1. The second kappa shape index (κ2) is 8.07. The van der Waals surface area contributed by atoms with Gasteiger partial charge in [-0.3, -0.25) is 4.98 Å². The smallest absolute Gasteiger partial charge is 0.238 e. The van der Waals surface area contributed by atoms with Crippen molar-refractivity contribution in [2.45, 2.75) is 43.4 Å². The molecule has 144 valence electrons. The summed E-state index contributed by atoms with van der Waals surface area (Å²) in [4.78, 5) is 12.9. The van der Waals surface area contributed by atoms with Crippen LogP contribution in [0.4, 0.5) is 5.69 Å². The summed E-state index contributed by atoms with van der Waals surface area (Å²) in [6.07, 6.45) is 6.50. The molecule has 3 heterocycles. The van der Waals surface area contributed by atoms with Crippen LogP contribution in [0, 0.1) is 5.92 Å². The molecule has 0 spiro atoms. The van der Waals surface area contributed by atoms with Gasteiger partial charge in [0.1, 0.15) is 5.69 Å². The van der Waals surface area contributed by atoms with Gasteiger partial charge in [-0.1, -0.05) is 6.92 Å². The molecule has 1 fully saturated rings. The predicted octanol–water partition coefficient (Wildman–Crippen LogP) is 4.15. The van der Waals surface area contributed by atoms with E-state index in [2.05, 4.69) is 46.8 Å². The molecule has 6 heteroatoms. The maximum Gasteiger partial charge on any atom is 0.238 e. The number of aromatic nitrogens is 2. The molecule has 2 aromatic rings. The quantitative estimate of drug-likeness (QED) is 0.782. The SMILES string of the molecule is COc1nc2c(cc1NSc1ccc(C3CC(C)C3)nc1)CCN(C)CC2. The third kappa shape index (κ3) is 4.22. The fourth-order valence-electron chi connectivity index (χ4n) is 3.91. The van der Waals surface area contributed by atoms with Gasteiger partial charge in [0.15, 0.2) is 0 Å². The van der Waals surface area contributed by atoms with E-state index in [4.69, 9.17) is 9.72 Å². The average molecular weight is 385 g/mol. The molecule has 0 atom stereocenters. The standard InChI is InChI=1S/C21H28N4OS/c1-14-10-16(11-14)18-5-4-17(13-22-18)27-24-20-12-15-6-8-25(2)9-7-19(15)23-21(20)26-3/h4-5,12-14,16,24H,6-11H2,1-3H3. The van der Waals surface area contributed by atoms with Crippen LogP contribution in [0.2, 0.25) is 0 Å². The Labute approximate surface area is 166 Å². The van der Waals surface area contributed by atoms with Gasteiger partial charge in [0.2, 0.25) is 5.88 Å². The highest BCUT2D eigenvalue weighted by atomic mass is 32.2. The van der Waals surface area contributed by atoms with Crippen LogP contribution in [-0.4, -0.2) is 42.1 Å². The van der Waals surface area contributed by atoms with Crippen molar-refractivity contribution in [2.24, 2.45) is 5.92 Å². The zero-order chi connectivity index (χ0) is 18.8. The van der Waals surface area contributed by atoms with Crippen molar-refractivity contribution >= 4 is 17.6 Å². The number of ether oxygens (including phenoxy) is 1. The van der Waals surface area contributed by atoms with Gasteiger partial charge < -0.3 is 14.4 Å². The molecule has 0 unspecified atom stereocenters. The average Bonchev–Trinajstić information content (AvgIpc) is 2.85. The highest BCUT2D eigenvalue weighted by Gasteiger charge is 2.27. The third-order valence-electron chi connectivity index (χ3n) is 5.67. The fraction of sp³-hybridized carbons (Fsp3) is 0.524. The summed E-state index contributed by atoms with van der Waals surface area (Å²) in [7, 11) is 3.85. The van der Waals surface area contributed by atoms with Gasteiger partial charge >= 0.3 is 0 Å². The van der Waals surface area contributed by atoms with Crippen LogP contribution in [0.1, 0.15) is 42.6 Å². The molecule has 1 aliphatic heterocycles. The Kier molecular flexibility index (Phi) is 5.55. The van der Waals surface area contributed by atoms with Gasteiger partial charge in [0.05, 0.1) is 7.11 Å². The Balaban J connectivity index is 1.44. The fourth-order valence-corrected chi connectivity index (χ4v) is 4.52. The Bertz CT molecular complexity index is 790. The Morgan fingerprint density at radius 3 is 2.74 bits per heavy atom. The van der Waals surface area contributed by atoms with E-state index in [1.807, 2.05) is 6.20 Å². The number of fused-ring (bicyclic) bond motifs is 1. The predicted molar refractivity (Wildman–Crippen MR) is 111 cm³/mol. The lowest BCUT2D eigenvalue weighted by atomic mass is 9.74. The van der Waals surface area contributed by atoms with Crippen LogP contribution in [0.5, 0.6) is 5.88 Å². The maximum atomic E-state index is 5.53. The minimum atomic E-state index is 0.652. The van der Waals surface area contributed by atoms with E-state index < -0.39 is 0 Å². The van der Waals surface area contributed by atoms with Gasteiger partial charge in [0, 0.05) is 47.9 Å². The van der Waals surface area contributed by atoms with Crippen LogP contribution < -0.4 is 9.46 Å². The molecular weight excluding hydrogens is 356 g/mol. The zero-order valence-corrected chi connectivity index (χ0v) is 17.2. The number of methoxy groups -OCH3 is 1. The lowest BCUT2D eigenvalue weighted by Crippen LogP contribution is -2.20. The topological polar surface area (TPSA) is 50.3 Å². The molecule has 1 saturated carbocycles. The monoisotopic (exact) mass is 384 g/mol. The first-order valence-electron chi connectivity index (χ1n) is 9.76. The van der Waals surface area contributed by atoms with Crippen LogP contribution in [0.3, 0.4) is 0 Å². The van der Waals surface area contributed by atoms with E-state index in [0.717, 1.165) is 48.1 Å². The van der Waals surface area contributed by atoms with E-state index in [0.29, 0.717) is 11.8 Å².